The topological polar surface area (TPSA) is 80.1 Å². The lowest BCUT2D eigenvalue weighted by Gasteiger charge is -2.34. The Morgan fingerprint density at radius 2 is 1.82 bits per heavy atom. The zero-order valence-corrected chi connectivity index (χ0v) is 24.6. The molecule has 1 fully saturated rings. The maximum absolute atomic E-state index is 12.4. The van der Waals surface area contributed by atoms with Crippen molar-refractivity contribution < 1.29 is 9.59 Å². The molecule has 0 aromatic carbocycles. The fraction of sp³-hybridized carbons (Fsp3) is 0.455. The fourth-order valence-electron chi connectivity index (χ4n) is 6.65. The summed E-state index contributed by atoms with van der Waals surface area (Å²) in [6, 6.07) is 6.29. The lowest BCUT2D eigenvalue weighted by molar-refractivity contribution is -0.125. The van der Waals surface area contributed by atoms with Gasteiger partial charge in [0.05, 0.1) is 0 Å². The third kappa shape index (κ3) is 5.60. The molecule has 1 saturated carbocycles. The van der Waals surface area contributed by atoms with E-state index in [4.69, 9.17) is 4.98 Å². The number of carbonyl (C=O) groups is 2. The quantitative estimate of drug-likeness (QED) is 0.403. The molecule has 40 heavy (non-hydrogen) atoms. The van der Waals surface area contributed by atoms with Crippen molar-refractivity contribution in [3.8, 4) is 11.1 Å². The smallest absolute Gasteiger partial charge is 0.249 e. The third-order valence-electron chi connectivity index (χ3n) is 8.80. The molecule has 0 radical (unpaired) electrons. The van der Waals surface area contributed by atoms with Crippen molar-refractivity contribution in [3.63, 3.8) is 0 Å². The molecular weight excluding hydrogens is 498 g/mol. The zero-order chi connectivity index (χ0) is 28.6. The van der Waals surface area contributed by atoms with Crippen molar-refractivity contribution in [2.45, 2.75) is 59.3 Å². The Morgan fingerprint density at radius 3 is 2.48 bits per heavy atom. The van der Waals surface area contributed by atoms with E-state index in [1.54, 1.807) is 4.90 Å². The van der Waals surface area contributed by atoms with Crippen molar-refractivity contribution in [3.05, 3.63) is 65.1 Å². The summed E-state index contributed by atoms with van der Waals surface area (Å²) in [6.45, 7) is 5.82. The second-order valence-electron chi connectivity index (χ2n) is 11.9. The van der Waals surface area contributed by atoms with Gasteiger partial charge in [-0.25, -0.2) is 9.97 Å². The molecule has 0 aliphatic heterocycles. The van der Waals surface area contributed by atoms with E-state index in [9.17, 15) is 9.59 Å². The molecule has 5 rings (SSSR count). The number of hydrogen-bond acceptors (Lipinski definition) is 4. The summed E-state index contributed by atoms with van der Waals surface area (Å²) in [5, 5.41) is 3.91. The Hall–Kier alpha value is -3.74. The molecule has 0 bridgehead atoms. The third-order valence-corrected chi connectivity index (χ3v) is 8.80. The zero-order valence-electron chi connectivity index (χ0n) is 24.6. The van der Waals surface area contributed by atoms with Crippen LogP contribution in [0.1, 0.15) is 57.2 Å². The van der Waals surface area contributed by atoms with Gasteiger partial charge in [-0.05, 0) is 92.5 Å². The summed E-state index contributed by atoms with van der Waals surface area (Å²) in [5.41, 5.74) is 8.00. The highest BCUT2D eigenvalue weighted by Crippen LogP contribution is 2.41. The summed E-state index contributed by atoms with van der Waals surface area (Å²) in [6.07, 6.45) is 14.8. The molecule has 7 heteroatoms. The van der Waals surface area contributed by atoms with Gasteiger partial charge in [-0.15, -0.1) is 0 Å². The molecule has 2 aliphatic rings. The van der Waals surface area contributed by atoms with E-state index in [2.05, 4.69) is 60.0 Å². The number of likely N-dealkylation sites (N-methyl/N-ethyl adjacent to an activating group) is 1. The molecule has 1 atom stereocenters. The SMILES string of the molecule is CC(=O)Nc1cc(C)c(-c2ccnc3c2cc(CC2CCC(C4=CC=C(C(=O)N(C)C)CC4C)CC2)n3C)cn1. The maximum atomic E-state index is 12.4. The van der Waals surface area contributed by atoms with Crippen molar-refractivity contribution >= 4 is 28.7 Å². The van der Waals surface area contributed by atoms with Crippen molar-refractivity contribution in [1.82, 2.24) is 19.4 Å². The summed E-state index contributed by atoms with van der Waals surface area (Å²) < 4.78 is 2.25. The van der Waals surface area contributed by atoms with Crippen molar-refractivity contribution in [2.75, 3.05) is 19.4 Å². The largest absolute Gasteiger partial charge is 0.345 e. The standard InChI is InChI=1S/C33H41N5O2/c1-20-15-25(33(40)37(4)5)11-12-27(20)24-9-7-23(8-10-24)17-26-18-29-28(13-14-34-32(29)38(26)6)30-19-35-31(16-21(30)2)36-22(3)39/h11-14,16,18-20,23-24H,7-10,15,17H2,1-6H3,(H,35,36,39). The Morgan fingerprint density at radius 1 is 1.07 bits per heavy atom. The molecule has 0 spiro atoms. The summed E-state index contributed by atoms with van der Waals surface area (Å²) in [4.78, 5) is 34.7. The normalized spacial score (nSPS) is 21.1. The summed E-state index contributed by atoms with van der Waals surface area (Å²) in [7, 11) is 5.77. The average Bonchev–Trinajstić information content (AvgIpc) is 3.23. The number of aryl methyl sites for hydroxylation is 2. The molecule has 210 valence electrons. The molecule has 1 unspecified atom stereocenters. The first kappa shape index (κ1) is 27.8. The molecule has 1 N–H and O–H groups in total. The van der Waals surface area contributed by atoms with E-state index in [1.807, 2.05) is 32.6 Å². The van der Waals surface area contributed by atoms with Gasteiger partial charge in [0.2, 0.25) is 11.8 Å². The van der Waals surface area contributed by atoms with E-state index in [1.165, 1.54) is 43.9 Å². The van der Waals surface area contributed by atoms with Crippen LogP contribution in [0.5, 0.6) is 0 Å². The predicted molar refractivity (Wildman–Crippen MR) is 161 cm³/mol. The summed E-state index contributed by atoms with van der Waals surface area (Å²) >= 11 is 0. The minimum Gasteiger partial charge on any atom is -0.345 e. The molecular formula is C33H41N5O2. The summed E-state index contributed by atoms with van der Waals surface area (Å²) in [5.74, 6) is 2.28. The lowest BCUT2D eigenvalue weighted by atomic mass is 9.72. The molecule has 7 nitrogen and oxygen atoms in total. The van der Waals surface area contributed by atoms with Crippen LogP contribution in [0.4, 0.5) is 5.82 Å². The number of aromatic nitrogens is 3. The van der Waals surface area contributed by atoms with E-state index >= 15 is 0 Å². The van der Waals surface area contributed by atoms with Crippen LogP contribution >= 0.6 is 0 Å². The Bertz CT molecular complexity index is 1500. The van der Waals surface area contributed by atoms with Crippen LogP contribution in [-0.2, 0) is 23.1 Å². The van der Waals surface area contributed by atoms with Crippen molar-refractivity contribution in [1.29, 1.82) is 0 Å². The van der Waals surface area contributed by atoms with Crippen LogP contribution in [0.2, 0.25) is 0 Å². The number of fused-ring (bicyclic) bond motifs is 1. The van der Waals surface area contributed by atoms with Gasteiger partial charge >= 0.3 is 0 Å². The first-order valence-corrected chi connectivity index (χ1v) is 14.4. The Balaban J connectivity index is 1.30. The van der Waals surface area contributed by atoms with Gasteiger partial charge in [0, 0.05) is 62.7 Å². The average molecular weight is 540 g/mol. The fourth-order valence-corrected chi connectivity index (χ4v) is 6.65. The minimum absolute atomic E-state index is 0.125. The highest BCUT2D eigenvalue weighted by Gasteiger charge is 2.30. The van der Waals surface area contributed by atoms with E-state index in [-0.39, 0.29) is 11.8 Å². The van der Waals surface area contributed by atoms with E-state index in [0.717, 1.165) is 46.1 Å². The Kier molecular flexibility index (Phi) is 7.92. The first-order valence-electron chi connectivity index (χ1n) is 14.4. The first-order chi connectivity index (χ1) is 19.1. The van der Waals surface area contributed by atoms with Crippen molar-refractivity contribution in [2.24, 2.45) is 24.8 Å². The number of nitrogens with zero attached hydrogens (tertiary/aromatic N) is 4. The van der Waals surface area contributed by atoms with Gasteiger partial charge in [-0.3, -0.25) is 9.59 Å². The number of pyridine rings is 2. The highest BCUT2D eigenvalue weighted by atomic mass is 16.2. The van der Waals surface area contributed by atoms with Crippen LogP contribution in [0, 0.1) is 24.7 Å². The van der Waals surface area contributed by atoms with Crippen LogP contribution < -0.4 is 5.32 Å². The van der Waals surface area contributed by atoms with Crippen LogP contribution in [-0.4, -0.2) is 45.3 Å². The molecule has 3 aromatic rings. The van der Waals surface area contributed by atoms with Crippen LogP contribution in [0.3, 0.4) is 0 Å². The lowest BCUT2D eigenvalue weighted by Crippen LogP contribution is -2.27. The van der Waals surface area contributed by atoms with Gasteiger partial charge < -0.3 is 14.8 Å². The number of anilines is 1. The van der Waals surface area contributed by atoms with Gasteiger partial charge in [-0.1, -0.05) is 24.6 Å². The minimum atomic E-state index is -0.125. The number of allylic oxidation sites excluding steroid dienone is 3. The molecule has 2 amide bonds. The second kappa shape index (κ2) is 11.4. The predicted octanol–water partition coefficient (Wildman–Crippen LogP) is 6.23. The second-order valence-corrected chi connectivity index (χ2v) is 11.9. The van der Waals surface area contributed by atoms with E-state index in [0.29, 0.717) is 23.6 Å². The van der Waals surface area contributed by atoms with Gasteiger partial charge in [0.1, 0.15) is 11.5 Å². The number of rotatable bonds is 6. The monoisotopic (exact) mass is 539 g/mol. The number of nitrogens with one attached hydrogen (secondary N) is 1. The number of amides is 2. The maximum Gasteiger partial charge on any atom is 0.249 e. The Labute approximate surface area is 237 Å². The van der Waals surface area contributed by atoms with Crippen LogP contribution in [0.15, 0.2) is 53.9 Å². The molecule has 0 saturated heterocycles. The highest BCUT2D eigenvalue weighted by molar-refractivity contribution is 5.95. The number of carbonyl (C=O) groups excluding carboxylic acids is 2. The van der Waals surface area contributed by atoms with E-state index < -0.39 is 0 Å². The van der Waals surface area contributed by atoms with Gasteiger partial charge in [-0.2, -0.15) is 0 Å². The van der Waals surface area contributed by atoms with Crippen LogP contribution in [0.25, 0.3) is 22.2 Å². The molecule has 2 aliphatic carbocycles. The van der Waals surface area contributed by atoms with Gasteiger partial charge in [0.25, 0.3) is 0 Å². The molecule has 3 heterocycles. The molecule has 3 aromatic heterocycles. The van der Waals surface area contributed by atoms with Gasteiger partial charge in [0.15, 0.2) is 0 Å². The number of hydrogen-bond donors (Lipinski definition) is 1.